The Bertz CT molecular complexity index is 1350. The van der Waals surface area contributed by atoms with E-state index < -0.39 is 6.04 Å². The van der Waals surface area contributed by atoms with Crippen molar-refractivity contribution in [3.8, 4) is 0 Å². The van der Waals surface area contributed by atoms with Gasteiger partial charge in [0.1, 0.15) is 6.04 Å². The quantitative estimate of drug-likeness (QED) is 0.171. The molecule has 0 bridgehead atoms. The SMILES string of the molecule is CC/C(=C(\C1CCC(O)CC1)C1CCC(N2CCC(CCN3CCC(C4CCC5C(=O)N(C6CCC(=O)NC6=O)CC5N4)CC3)CC2)CC1)C1CCCCC1. The second-order valence-corrected chi connectivity index (χ2v) is 19.6. The van der Waals surface area contributed by atoms with Crippen molar-refractivity contribution in [3.63, 3.8) is 0 Å². The van der Waals surface area contributed by atoms with Crippen molar-refractivity contribution in [2.45, 2.75) is 185 Å². The summed E-state index contributed by atoms with van der Waals surface area (Å²) in [5.74, 6) is 3.46. The van der Waals surface area contributed by atoms with Gasteiger partial charge in [-0.3, -0.25) is 19.7 Å². The molecule has 3 saturated carbocycles. The highest BCUT2D eigenvalue weighted by Gasteiger charge is 2.49. The third-order valence-corrected chi connectivity index (χ3v) is 16.6. The number of amides is 3. The highest BCUT2D eigenvalue weighted by molar-refractivity contribution is 6.02. The highest BCUT2D eigenvalue weighted by atomic mass is 16.3. The van der Waals surface area contributed by atoms with E-state index in [1.54, 1.807) is 4.90 Å². The Morgan fingerprint density at radius 1 is 0.709 bits per heavy atom. The van der Waals surface area contributed by atoms with Gasteiger partial charge in [0.2, 0.25) is 17.7 Å². The van der Waals surface area contributed by atoms with Crippen molar-refractivity contribution in [2.24, 2.45) is 35.5 Å². The van der Waals surface area contributed by atoms with Gasteiger partial charge in [0.05, 0.1) is 12.0 Å². The van der Waals surface area contributed by atoms with Gasteiger partial charge in [0, 0.05) is 31.1 Å². The van der Waals surface area contributed by atoms with Gasteiger partial charge in [-0.05, 0) is 184 Å². The molecule has 9 nitrogen and oxygen atoms in total. The van der Waals surface area contributed by atoms with Crippen LogP contribution < -0.4 is 10.6 Å². The molecular formula is C46H75N5O4. The molecule has 9 heteroatoms. The summed E-state index contributed by atoms with van der Waals surface area (Å²) < 4.78 is 0. The van der Waals surface area contributed by atoms with Crippen molar-refractivity contribution >= 4 is 17.7 Å². The van der Waals surface area contributed by atoms with Crippen LogP contribution in [-0.4, -0.2) is 107 Å². The maximum atomic E-state index is 13.3. The number of fused-ring (bicyclic) bond motifs is 1. The van der Waals surface area contributed by atoms with Gasteiger partial charge in [0.25, 0.3) is 0 Å². The van der Waals surface area contributed by atoms with E-state index in [9.17, 15) is 19.5 Å². The van der Waals surface area contributed by atoms with E-state index in [2.05, 4.69) is 27.4 Å². The molecule has 3 N–H and O–H groups in total. The summed E-state index contributed by atoms with van der Waals surface area (Å²) in [6, 6.07) is 0.891. The summed E-state index contributed by atoms with van der Waals surface area (Å²) >= 11 is 0. The van der Waals surface area contributed by atoms with Crippen LogP contribution in [0.15, 0.2) is 11.1 Å². The number of imide groups is 1. The number of piperidine rings is 4. The number of allylic oxidation sites excluding steroid dienone is 2. The van der Waals surface area contributed by atoms with Gasteiger partial charge in [-0.25, -0.2) is 0 Å². The van der Waals surface area contributed by atoms with Crippen LogP contribution in [0.3, 0.4) is 0 Å². The van der Waals surface area contributed by atoms with E-state index in [4.69, 9.17) is 0 Å². The first kappa shape index (κ1) is 40.0. The fourth-order valence-corrected chi connectivity index (χ4v) is 13.4. The van der Waals surface area contributed by atoms with Crippen LogP contribution in [0.25, 0.3) is 0 Å². The lowest BCUT2D eigenvalue weighted by Crippen LogP contribution is -2.54. The molecule has 8 aliphatic rings. The Balaban J connectivity index is 0.748. The Morgan fingerprint density at radius 3 is 2.07 bits per heavy atom. The average Bonchev–Trinajstić information content (AvgIpc) is 3.55. The summed E-state index contributed by atoms with van der Waals surface area (Å²) in [6.45, 7) is 9.27. The van der Waals surface area contributed by atoms with Crippen molar-refractivity contribution in [2.75, 3.05) is 39.3 Å². The Kier molecular flexibility index (Phi) is 13.4. The smallest absolute Gasteiger partial charge is 0.249 e. The van der Waals surface area contributed by atoms with Gasteiger partial charge in [-0.15, -0.1) is 0 Å². The van der Waals surface area contributed by atoms with Crippen LogP contribution in [-0.2, 0) is 14.4 Å². The number of carbonyl (C=O) groups excluding carboxylic acids is 3. The zero-order valence-corrected chi connectivity index (χ0v) is 34.4. The first-order valence-corrected chi connectivity index (χ1v) is 23.6. The minimum absolute atomic E-state index is 0.0268. The monoisotopic (exact) mass is 762 g/mol. The number of hydrogen-bond donors (Lipinski definition) is 3. The van der Waals surface area contributed by atoms with Gasteiger partial charge in [-0.1, -0.05) is 37.3 Å². The number of aliphatic hydroxyl groups excluding tert-OH is 1. The molecule has 0 aromatic carbocycles. The van der Waals surface area contributed by atoms with E-state index >= 15 is 0 Å². The molecule has 308 valence electrons. The molecular weight excluding hydrogens is 687 g/mol. The van der Waals surface area contributed by atoms with Crippen molar-refractivity contribution in [1.29, 1.82) is 0 Å². The van der Waals surface area contributed by atoms with Gasteiger partial charge in [-0.2, -0.15) is 0 Å². The number of likely N-dealkylation sites (tertiary alicyclic amines) is 3. The summed E-state index contributed by atoms with van der Waals surface area (Å²) in [5.41, 5.74) is 3.79. The Labute approximate surface area is 332 Å². The molecule has 3 aliphatic carbocycles. The molecule has 0 radical (unpaired) electrons. The van der Waals surface area contributed by atoms with Crippen LogP contribution in [0.2, 0.25) is 0 Å². The third-order valence-electron chi connectivity index (χ3n) is 16.6. The topological polar surface area (TPSA) is 105 Å². The fourth-order valence-electron chi connectivity index (χ4n) is 13.4. The number of carbonyl (C=O) groups is 3. The molecule has 3 amide bonds. The minimum atomic E-state index is -0.490. The van der Waals surface area contributed by atoms with Crippen LogP contribution in [0.4, 0.5) is 0 Å². The normalized spacial score (nSPS) is 37.5. The van der Waals surface area contributed by atoms with Crippen LogP contribution >= 0.6 is 0 Å². The summed E-state index contributed by atoms with van der Waals surface area (Å²) in [7, 11) is 0. The Hall–Kier alpha value is -1.81. The number of nitrogens with one attached hydrogen (secondary N) is 2. The zero-order valence-electron chi connectivity index (χ0n) is 34.4. The third kappa shape index (κ3) is 9.25. The second kappa shape index (κ2) is 18.4. The van der Waals surface area contributed by atoms with Crippen LogP contribution in [0, 0.1) is 35.5 Å². The van der Waals surface area contributed by atoms with Gasteiger partial charge < -0.3 is 25.1 Å². The summed E-state index contributed by atoms with van der Waals surface area (Å²) in [6.07, 6.45) is 27.6. The van der Waals surface area contributed by atoms with E-state index in [1.165, 1.54) is 142 Å². The summed E-state index contributed by atoms with van der Waals surface area (Å²) in [4.78, 5) is 44.8. The fraction of sp³-hybridized carbons (Fsp3) is 0.891. The lowest BCUT2D eigenvalue weighted by atomic mass is 9.67. The first-order chi connectivity index (χ1) is 26.8. The predicted octanol–water partition coefficient (Wildman–Crippen LogP) is 6.58. The average molecular weight is 762 g/mol. The molecule has 4 atom stereocenters. The van der Waals surface area contributed by atoms with Crippen LogP contribution in [0.1, 0.15) is 155 Å². The van der Waals surface area contributed by atoms with Crippen molar-refractivity contribution in [1.82, 2.24) is 25.3 Å². The zero-order chi connectivity index (χ0) is 37.9. The molecule has 0 aromatic rings. The van der Waals surface area contributed by atoms with Crippen molar-refractivity contribution < 1.29 is 19.5 Å². The van der Waals surface area contributed by atoms with Crippen molar-refractivity contribution in [3.05, 3.63) is 11.1 Å². The molecule has 8 rings (SSSR count). The van der Waals surface area contributed by atoms with E-state index in [1.807, 2.05) is 11.1 Å². The lowest BCUT2D eigenvalue weighted by Gasteiger charge is -2.44. The molecule has 4 unspecified atom stereocenters. The standard InChI is InChI=1S/C46H75N5O4/c1-2-38(32-6-4-3-5-7-32)44(35-10-14-37(52)15-11-35)34-8-12-36(13-9-34)50-28-21-31(22-29-50)20-25-49-26-23-33(24-27-49)40-17-16-39-41(47-40)30-51(46(39)55)42-18-19-43(53)48-45(42)54/h31-37,39-42,47,52H,2-30H2,1H3,(H,48,53,54)/b44-38+. The molecule has 0 aromatic heterocycles. The molecule has 0 spiro atoms. The molecule has 5 aliphatic heterocycles. The largest absolute Gasteiger partial charge is 0.393 e. The maximum absolute atomic E-state index is 13.3. The first-order valence-electron chi connectivity index (χ1n) is 23.6. The van der Waals surface area contributed by atoms with E-state index in [0.717, 1.165) is 55.4 Å². The highest BCUT2D eigenvalue weighted by Crippen LogP contribution is 2.46. The molecule has 5 heterocycles. The number of rotatable bonds is 10. The second-order valence-electron chi connectivity index (χ2n) is 19.6. The van der Waals surface area contributed by atoms with E-state index in [0.29, 0.717) is 31.3 Å². The number of aliphatic hydroxyl groups is 1. The predicted molar refractivity (Wildman–Crippen MR) is 217 cm³/mol. The van der Waals surface area contributed by atoms with E-state index in [-0.39, 0.29) is 35.8 Å². The molecule has 8 fully saturated rings. The summed E-state index contributed by atoms with van der Waals surface area (Å²) in [5, 5.41) is 16.7. The van der Waals surface area contributed by atoms with Crippen LogP contribution in [0.5, 0.6) is 0 Å². The lowest BCUT2D eigenvalue weighted by molar-refractivity contribution is -0.144. The number of hydrogen-bond acceptors (Lipinski definition) is 7. The Morgan fingerprint density at radius 2 is 1.40 bits per heavy atom. The minimum Gasteiger partial charge on any atom is -0.393 e. The van der Waals surface area contributed by atoms with Gasteiger partial charge in [0.15, 0.2) is 0 Å². The maximum Gasteiger partial charge on any atom is 0.249 e. The molecule has 55 heavy (non-hydrogen) atoms. The molecule has 5 saturated heterocycles. The number of nitrogens with zero attached hydrogens (tertiary/aromatic N) is 3. The van der Waals surface area contributed by atoms with Gasteiger partial charge >= 0.3 is 0 Å².